The summed E-state index contributed by atoms with van der Waals surface area (Å²) in [7, 11) is 1.29. The number of nitrogens with one attached hydrogen (secondary N) is 3. The number of rotatable bonds is 12. The maximum absolute atomic E-state index is 12.7. The third-order valence-electron chi connectivity index (χ3n) is 5.16. The van der Waals surface area contributed by atoms with Crippen LogP contribution in [0.5, 0.6) is 5.75 Å². The number of carbonyl (C=O) groups is 2. The number of sulfonamides is 1. The van der Waals surface area contributed by atoms with Crippen LogP contribution in [-0.2, 0) is 10.0 Å². The smallest absolute Gasteiger partial charge is 0.255 e. The fraction of sp³-hybridized carbons (Fsp3) is 0.292. The van der Waals surface area contributed by atoms with Crippen molar-refractivity contribution in [1.82, 2.24) is 19.8 Å². The van der Waals surface area contributed by atoms with Gasteiger partial charge in [0.15, 0.2) is 13.7 Å². The first-order valence-corrected chi connectivity index (χ1v) is 12.8. The van der Waals surface area contributed by atoms with E-state index in [1.807, 2.05) is 0 Å². The lowest BCUT2D eigenvalue weighted by atomic mass is 10.1. The van der Waals surface area contributed by atoms with E-state index in [4.69, 9.17) is 12.6 Å². The number of fused-ring (bicyclic) bond motifs is 1. The molecule has 0 spiro atoms. The van der Waals surface area contributed by atoms with Crippen LogP contribution in [0, 0.1) is 0 Å². The Morgan fingerprint density at radius 2 is 1.81 bits per heavy atom. The Kier molecular flexibility index (Phi) is 9.26. The van der Waals surface area contributed by atoms with Gasteiger partial charge in [0, 0.05) is 43.0 Å². The lowest BCUT2D eigenvalue weighted by molar-refractivity contribution is 0.0951. The summed E-state index contributed by atoms with van der Waals surface area (Å²) in [4.78, 5) is 36.0. The zero-order chi connectivity index (χ0) is 26.1. The number of benzene rings is 1. The van der Waals surface area contributed by atoms with Gasteiger partial charge in [-0.05, 0) is 44.0 Å². The number of pyridine rings is 2. The summed E-state index contributed by atoms with van der Waals surface area (Å²) in [6.45, 7) is 2.51. The lowest BCUT2D eigenvalue weighted by Crippen LogP contribution is -2.41. The molecule has 0 aliphatic rings. The van der Waals surface area contributed by atoms with Gasteiger partial charge in [0.05, 0.1) is 17.0 Å². The van der Waals surface area contributed by atoms with E-state index in [0.717, 1.165) is 0 Å². The molecular weight excluding hydrogens is 483 g/mol. The van der Waals surface area contributed by atoms with Crippen molar-refractivity contribution in [2.45, 2.75) is 30.7 Å². The highest BCUT2D eigenvalue weighted by Crippen LogP contribution is 2.15. The third kappa shape index (κ3) is 7.69. The Morgan fingerprint density at radius 1 is 1.06 bits per heavy atom. The van der Waals surface area contributed by atoms with Crippen molar-refractivity contribution >= 4 is 35.1 Å². The summed E-state index contributed by atoms with van der Waals surface area (Å²) in [5.41, 5.74) is 0.228. The van der Waals surface area contributed by atoms with Gasteiger partial charge in [-0.15, -0.1) is 0 Å². The Labute approximate surface area is 210 Å². The van der Waals surface area contributed by atoms with Crippen LogP contribution in [-0.4, -0.2) is 58.1 Å². The number of amides is 2. The van der Waals surface area contributed by atoms with Crippen LogP contribution in [0.1, 0.15) is 30.1 Å². The number of aromatic nitrogens is 1. The van der Waals surface area contributed by atoms with Gasteiger partial charge < -0.3 is 15.4 Å². The molecule has 2 amide bonds. The van der Waals surface area contributed by atoms with Crippen LogP contribution in [0.4, 0.5) is 4.79 Å². The monoisotopic (exact) mass is 510 g/mol. The van der Waals surface area contributed by atoms with E-state index >= 15 is 0 Å². The van der Waals surface area contributed by atoms with Crippen molar-refractivity contribution in [3.05, 3.63) is 76.7 Å². The van der Waals surface area contributed by atoms with Crippen molar-refractivity contribution in [2.75, 3.05) is 19.7 Å². The Bertz CT molecular complexity index is 1380. The summed E-state index contributed by atoms with van der Waals surface area (Å²) in [5, 5.41) is 5.16. The highest BCUT2D eigenvalue weighted by molar-refractivity contribution is 7.89. The first-order chi connectivity index (χ1) is 17.2. The zero-order valence-corrected chi connectivity index (χ0v) is 20.6. The normalized spacial score (nSPS) is 12.1. The molecule has 1 atom stereocenters. The third-order valence-corrected chi connectivity index (χ3v) is 6.76. The standard InChI is InChI=1S/C24H27BN4O6S/c1-17(28-36(33,34)21-7-3-2-4-8-21)16-27-23(31)18-13-19-15-20(9-11-29(19)22(30)14-18)35-12-6-5-10-26-24(25)32/h2-4,7-9,11,13-15,17,28H,5-6,10,12,16H2,1H3,(H,26,32)(H,27,31). The first kappa shape index (κ1) is 27.0. The molecule has 0 aliphatic carbocycles. The summed E-state index contributed by atoms with van der Waals surface area (Å²) in [5.74, 6) is -0.550. The topological polar surface area (TPSA) is 135 Å². The van der Waals surface area contributed by atoms with Crippen molar-refractivity contribution in [1.29, 1.82) is 0 Å². The number of unbranched alkanes of at least 4 members (excludes halogenated alkanes) is 1. The van der Waals surface area contributed by atoms with Gasteiger partial charge in [-0.25, -0.2) is 13.1 Å². The summed E-state index contributed by atoms with van der Waals surface area (Å²) < 4.78 is 34.5. The molecule has 3 aromatic rings. The number of hydrogen-bond acceptors (Lipinski definition) is 6. The maximum Gasteiger partial charge on any atom is 0.255 e. The van der Waals surface area contributed by atoms with Gasteiger partial charge >= 0.3 is 0 Å². The number of ether oxygens (including phenoxy) is 1. The van der Waals surface area contributed by atoms with Crippen LogP contribution >= 0.6 is 0 Å². The summed E-state index contributed by atoms with van der Waals surface area (Å²) >= 11 is 0. The highest BCUT2D eigenvalue weighted by atomic mass is 32.2. The fourth-order valence-corrected chi connectivity index (χ4v) is 4.65. The van der Waals surface area contributed by atoms with Crippen molar-refractivity contribution < 1.29 is 22.7 Å². The quantitative estimate of drug-likeness (QED) is 0.249. The van der Waals surface area contributed by atoms with E-state index in [2.05, 4.69) is 15.4 Å². The van der Waals surface area contributed by atoms with E-state index in [9.17, 15) is 22.8 Å². The molecule has 10 nitrogen and oxygen atoms in total. The van der Waals surface area contributed by atoms with Gasteiger partial charge in [0.25, 0.3) is 11.5 Å². The number of hydrogen-bond donors (Lipinski definition) is 3. The molecule has 1 aromatic carbocycles. The minimum Gasteiger partial charge on any atom is -0.493 e. The van der Waals surface area contributed by atoms with E-state index in [1.165, 1.54) is 22.6 Å². The molecule has 0 saturated carbocycles. The largest absolute Gasteiger partial charge is 0.493 e. The predicted molar refractivity (Wildman–Crippen MR) is 136 cm³/mol. The van der Waals surface area contributed by atoms with Crippen LogP contribution in [0.25, 0.3) is 5.52 Å². The Balaban J connectivity index is 1.59. The molecule has 3 rings (SSSR count). The minimum absolute atomic E-state index is 0.0258. The van der Waals surface area contributed by atoms with Gasteiger partial charge in [-0.3, -0.25) is 18.8 Å². The average Bonchev–Trinajstić information content (AvgIpc) is 2.84. The second-order valence-corrected chi connectivity index (χ2v) is 9.85. The van der Waals surface area contributed by atoms with Gasteiger partial charge in [0.1, 0.15) is 5.75 Å². The SMILES string of the molecule is [B]C(=O)NCCCCOc1ccn2c(=O)cc(C(=O)NCC(C)NS(=O)(=O)c3ccccc3)cc2c1. The highest BCUT2D eigenvalue weighted by Gasteiger charge is 2.18. The first-order valence-electron chi connectivity index (χ1n) is 11.3. The molecule has 0 fully saturated rings. The van der Waals surface area contributed by atoms with Crippen molar-refractivity contribution in [3.63, 3.8) is 0 Å². The number of nitrogens with zero attached hydrogens (tertiary/aromatic N) is 1. The van der Waals surface area contributed by atoms with Crippen molar-refractivity contribution in [3.8, 4) is 5.75 Å². The van der Waals surface area contributed by atoms with Crippen LogP contribution < -0.4 is 25.7 Å². The molecule has 0 aliphatic heterocycles. The van der Waals surface area contributed by atoms with Gasteiger partial charge in [0.2, 0.25) is 10.0 Å². The van der Waals surface area contributed by atoms with Crippen LogP contribution in [0.2, 0.25) is 0 Å². The predicted octanol–water partition coefficient (Wildman–Crippen LogP) is 1.43. The molecule has 2 aromatic heterocycles. The zero-order valence-electron chi connectivity index (χ0n) is 19.8. The molecule has 2 radical (unpaired) electrons. The van der Waals surface area contributed by atoms with Crippen LogP contribution in [0.15, 0.2) is 70.5 Å². The van der Waals surface area contributed by atoms with E-state index < -0.39 is 27.8 Å². The molecule has 12 heteroatoms. The molecule has 3 N–H and O–H groups in total. The van der Waals surface area contributed by atoms with Crippen molar-refractivity contribution in [2.24, 2.45) is 0 Å². The Morgan fingerprint density at radius 3 is 2.53 bits per heavy atom. The number of carbonyl (C=O) groups excluding carboxylic acids is 2. The maximum atomic E-state index is 12.7. The van der Waals surface area contributed by atoms with E-state index in [-0.39, 0.29) is 22.6 Å². The van der Waals surface area contributed by atoms with Gasteiger partial charge in [-0.1, -0.05) is 18.2 Å². The lowest BCUT2D eigenvalue weighted by Gasteiger charge is -2.15. The van der Waals surface area contributed by atoms with Gasteiger partial charge in [-0.2, -0.15) is 0 Å². The van der Waals surface area contributed by atoms with Crippen LogP contribution in [0.3, 0.4) is 0 Å². The summed E-state index contributed by atoms with van der Waals surface area (Å²) in [6, 6.07) is 13.4. The molecular formula is C24H27BN4O6S. The molecule has 1 unspecified atom stereocenters. The molecule has 0 bridgehead atoms. The molecule has 0 saturated heterocycles. The van der Waals surface area contributed by atoms with E-state index in [1.54, 1.807) is 49.5 Å². The molecule has 36 heavy (non-hydrogen) atoms. The summed E-state index contributed by atoms with van der Waals surface area (Å²) in [6.07, 6.45) is 2.94. The fourth-order valence-electron chi connectivity index (χ4n) is 3.38. The minimum atomic E-state index is -3.72. The molecule has 188 valence electrons. The Hall–Kier alpha value is -3.64. The average molecular weight is 510 g/mol. The second-order valence-electron chi connectivity index (χ2n) is 8.13. The van der Waals surface area contributed by atoms with E-state index in [0.29, 0.717) is 37.3 Å². The molecule has 2 heterocycles. The second kappa shape index (κ2) is 12.4.